The maximum atomic E-state index is 10.9. The van der Waals surface area contributed by atoms with Crippen molar-refractivity contribution in [3.63, 3.8) is 0 Å². The standard InChI is InChI=1S/C18H17N3O3S/c1-24-14-7-4-12(5-8-14)17(11-2-3-11)20-18-19-15-9-6-13(21(22)23)10-16(15)25-18/h4-11,17H,2-3H2,1H3,(H,19,20). The zero-order valence-corrected chi connectivity index (χ0v) is 14.5. The molecule has 0 spiro atoms. The molecule has 25 heavy (non-hydrogen) atoms. The lowest BCUT2D eigenvalue weighted by atomic mass is 10.0. The fraction of sp³-hybridized carbons (Fsp3) is 0.278. The molecule has 6 nitrogen and oxygen atoms in total. The normalized spacial score (nSPS) is 15.1. The number of non-ortho nitro benzene ring substituents is 1. The highest BCUT2D eigenvalue weighted by Gasteiger charge is 2.33. The SMILES string of the molecule is COc1ccc(C(Nc2nc3ccc([N+](=O)[O-])cc3s2)C2CC2)cc1. The van der Waals surface area contributed by atoms with Gasteiger partial charge in [-0.25, -0.2) is 4.98 Å². The molecule has 1 heterocycles. The van der Waals surface area contributed by atoms with Gasteiger partial charge in [-0.3, -0.25) is 10.1 Å². The van der Waals surface area contributed by atoms with Crippen LogP contribution in [0.25, 0.3) is 10.2 Å². The first-order valence-corrected chi connectivity index (χ1v) is 8.91. The summed E-state index contributed by atoms with van der Waals surface area (Å²) in [7, 11) is 1.66. The van der Waals surface area contributed by atoms with E-state index in [1.807, 2.05) is 12.1 Å². The molecule has 1 aliphatic rings. The molecule has 0 radical (unpaired) electrons. The smallest absolute Gasteiger partial charge is 0.270 e. The Kier molecular flexibility index (Phi) is 4.01. The minimum absolute atomic E-state index is 0.0941. The number of ether oxygens (including phenoxy) is 1. The van der Waals surface area contributed by atoms with Crippen LogP contribution in [0.5, 0.6) is 5.75 Å². The molecule has 1 aromatic heterocycles. The summed E-state index contributed by atoms with van der Waals surface area (Å²) in [5.41, 5.74) is 2.08. The van der Waals surface area contributed by atoms with Gasteiger partial charge < -0.3 is 10.1 Å². The molecule has 7 heteroatoms. The van der Waals surface area contributed by atoms with Crippen LogP contribution < -0.4 is 10.1 Å². The third-order valence-electron chi connectivity index (χ3n) is 4.43. The van der Waals surface area contributed by atoms with Crippen LogP contribution in [0.4, 0.5) is 10.8 Å². The van der Waals surface area contributed by atoms with Crippen LogP contribution in [-0.2, 0) is 0 Å². The Balaban J connectivity index is 1.61. The molecule has 1 aliphatic carbocycles. The van der Waals surface area contributed by atoms with Crippen LogP contribution >= 0.6 is 11.3 Å². The van der Waals surface area contributed by atoms with Gasteiger partial charge in [-0.2, -0.15) is 0 Å². The second kappa shape index (κ2) is 6.33. The van der Waals surface area contributed by atoms with E-state index in [1.165, 1.54) is 35.8 Å². The molecule has 1 saturated carbocycles. The van der Waals surface area contributed by atoms with Gasteiger partial charge in [0.25, 0.3) is 5.69 Å². The van der Waals surface area contributed by atoms with E-state index in [-0.39, 0.29) is 16.7 Å². The van der Waals surface area contributed by atoms with E-state index >= 15 is 0 Å². The van der Waals surface area contributed by atoms with Gasteiger partial charge >= 0.3 is 0 Å². The number of rotatable bonds is 6. The number of methoxy groups -OCH3 is 1. The monoisotopic (exact) mass is 355 g/mol. The molecule has 1 unspecified atom stereocenters. The van der Waals surface area contributed by atoms with Crippen molar-refractivity contribution in [2.45, 2.75) is 18.9 Å². The van der Waals surface area contributed by atoms with E-state index in [1.54, 1.807) is 19.2 Å². The summed E-state index contributed by atoms with van der Waals surface area (Å²) < 4.78 is 6.05. The van der Waals surface area contributed by atoms with Crippen LogP contribution in [-0.4, -0.2) is 17.0 Å². The Morgan fingerprint density at radius 3 is 2.68 bits per heavy atom. The molecule has 1 fully saturated rings. The molecule has 2 aromatic carbocycles. The van der Waals surface area contributed by atoms with E-state index in [0.717, 1.165) is 21.1 Å². The molecule has 0 bridgehead atoms. The molecule has 128 valence electrons. The summed E-state index contributed by atoms with van der Waals surface area (Å²) in [5, 5.41) is 15.3. The number of nitro groups is 1. The number of nitrogens with zero attached hydrogens (tertiary/aromatic N) is 2. The predicted molar refractivity (Wildman–Crippen MR) is 98.4 cm³/mol. The average Bonchev–Trinajstić information content (AvgIpc) is 3.38. The Labute approximate surface area is 148 Å². The quantitative estimate of drug-likeness (QED) is 0.509. The largest absolute Gasteiger partial charge is 0.497 e. The number of nitrogens with one attached hydrogen (secondary N) is 1. The summed E-state index contributed by atoms with van der Waals surface area (Å²) in [5.74, 6) is 1.43. The number of aromatic nitrogens is 1. The molecule has 1 atom stereocenters. The molecule has 0 aliphatic heterocycles. The first kappa shape index (κ1) is 15.8. The molecular formula is C18H17N3O3S. The topological polar surface area (TPSA) is 77.3 Å². The van der Waals surface area contributed by atoms with Crippen molar-refractivity contribution in [2.24, 2.45) is 5.92 Å². The molecular weight excluding hydrogens is 338 g/mol. The van der Waals surface area contributed by atoms with Crippen LogP contribution in [0.2, 0.25) is 0 Å². The van der Waals surface area contributed by atoms with Crippen molar-refractivity contribution in [1.29, 1.82) is 0 Å². The molecule has 1 N–H and O–H groups in total. The van der Waals surface area contributed by atoms with Gasteiger partial charge in [-0.05, 0) is 42.5 Å². The van der Waals surface area contributed by atoms with Crippen molar-refractivity contribution in [1.82, 2.24) is 4.98 Å². The predicted octanol–water partition coefficient (Wildman–Crippen LogP) is 4.78. The molecule has 3 aromatic rings. The Hall–Kier alpha value is -2.67. The number of hydrogen-bond acceptors (Lipinski definition) is 6. The van der Waals surface area contributed by atoms with Crippen molar-refractivity contribution in [2.75, 3.05) is 12.4 Å². The fourth-order valence-corrected chi connectivity index (χ4v) is 3.87. The molecule has 0 amide bonds. The number of fused-ring (bicyclic) bond motifs is 1. The van der Waals surface area contributed by atoms with E-state index in [4.69, 9.17) is 4.74 Å². The van der Waals surface area contributed by atoms with Gasteiger partial charge in [0.2, 0.25) is 0 Å². The van der Waals surface area contributed by atoms with Crippen molar-refractivity contribution in [3.8, 4) is 5.75 Å². The summed E-state index contributed by atoms with van der Waals surface area (Å²) in [6.45, 7) is 0. The lowest BCUT2D eigenvalue weighted by molar-refractivity contribution is -0.384. The zero-order valence-electron chi connectivity index (χ0n) is 13.6. The Morgan fingerprint density at radius 2 is 2.04 bits per heavy atom. The van der Waals surface area contributed by atoms with E-state index in [9.17, 15) is 10.1 Å². The van der Waals surface area contributed by atoms with Crippen LogP contribution in [0.1, 0.15) is 24.4 Å². The Morgan fingerprint density at radius 1 is 1.28 bits per heavy atom. The van der Waals surface area contributed by atoms with Gasteiger partial charge in [0, 0.05) is 12.1 Å². The van der Waals surface area contributed by atoms with E-state index in [2.05, 4.69) is 22.4 Å². The number of nitro benzene ring substituents is 1. The summed E-state index contributed by atoms with van der Waals surface area (Å²) in [4.78, 5) is 15.1. The number of benzene rings is 2. The summed E-state index contributed by atoms with van der Waals surface area (Å²) in [6, 6.07) is 13.1. The zero-order chi connectivity index (χ0) is 17.4. The van der Waals surface area contributed by atoms with Crippen LogP contribution in [0.15, 0.2) is 42.5 Å². The van der Waals surface area contributed by atoms with E-state index in [0.29, 0.717) is 5.92 Å². The third-order valence-corrected chi connectivity index (χ3v) is 5.38. The van der Waals surface area contributed by atoms with Crippen molar-refractivity contribution in [3.05, 3.63) is 58.1 Å². The minimum atomic E-state index is -0.378. The molecule has 4 rings (SSSR count). The Bertz CT molecular complexity index is 919. The van der Waals surface area contributed by atoms with Gasteiger partial charge in [0.1, 0.15) is 5.75 Å². The minimum Gasteiger partial charge on any atom is -0.497 e. The highest BCUT2D eigenvalue weighted by atomic mass is 32.1. The first-order valence-electron chi connectivity index (χ1n) is 8.09. The summed E-state index contributed by atoms with van der Waals surface area (Å²) in [6.07, 6.45) is 2.39. The average molecular weight is 355 g/mol. The second-order valence-electron chi connectivity index (χ2n) is 6.16. The van der Waals surface area contributed by atoms with Crippen LogP contribution in [0, 0.1) is 16.0 Å². The maximum absolute atomic E-state index is 10.9. The van der Waals surface area contributed by atoms with Crippen LogP contribution in [0.3, 0.4) is 0 Å². The third kappa shape index (κ3) is 3.28. The van der Waals surface area contributed by atoms with E-state index < -0.39 is 0 Å². The highest BCUT2D eigenvalue weighted by molar-refractivity contribution is 7.22. The summed E-state index contributed by atoms with van der Waals surface area (Å²) >= 11 is 1.45. The maximum Gasteiger partial charge on any atom is 0.270 e. The molecule has 0 saturated heterocycles. The highest BCUT2D eigenvalue weighted by Crippen LogP contribution is 2.44. The number of thiazole rings is 1. The van der Waals surface area contributed by atoms with Gasteiger partial charge in [-0.15, -0.1) is 0 Å². The number of hydrogen-bond donors (Lipinski definition) is 1. The first-order chi connectivity index (χ1) is 12.1. The van der Waals surface area contributed by atoms with Crippen molar-refractivity contribution >= 4 is 32.4 Å². The second-order valence-corrected chi connectivity index (χ2v) is 7.19. The van der Waals surface area contributed by atoms with Gasteiger partial charge in [0.05, 0.1) is 28.3 Å². The van der Waals surface area contributed by atoms with Crippen molar-refractivity contribution < 1.29 is 9.66 Å². The number of anilines is 1. The van der Waals surface area contributed by atoms with Gasteiger partial charge in [-0.1, -0.05) is 23.5 Å². The van der Waals surface area contributed by atoms with Gasteiger partial charge in [0.15, 0.2) is 5.13 Å². The lowest BCUT2D eigenvalue weighted by Crippen LogP contribution is -2.12. The fourth-order valence-electron chi connectivity index (χ4n) is 2.94. The lowest BCUT2D eigenvalue weighted by Gasteiger charge is -2.18.